The third-order valence-electron chi connectivity index (χ3n) is 10.9. The number of aromatic amines is 2. The second-order valence-electron chi connectivity index (χ2n) is 13.9. The monoisotopic (exact) mass is 737 g/mol. The molecular weight excluding hydrogens is 709 g/mol. The Kier molecular flexibility index (Phi) is 9.34. The van der Waals surface area contributed by atoms with Crippen LogP contribution in [0.25, 0.3) is 108 Å². The van der Waals surface area contributed by atoms with Crippen molar-refractivity contribution in [2.24, 2.45) is 0 Å². The van der Waals surface area contributed by atoms with E-state index in [0.717, 1.165) is 81.4 Å². The van der Waals surface area contributed by atoms with Crippen LogP contribution in [0, 0.1) is 0 Å². The second kappa shape index (κ2) is 14.5. The first-order valence-corrected chi connectivity index (χ1v) is 19.0. The molecule has 11 rings (SSSR count). The minimum absolute atomic E-state index is 0. The Balaban J connectivity index is 0.00000211. The molecule has 2 N–H and O–H groups in total. The molecule has 0 fully saturated rings. The van der Waals surface area contributed by atoms with Gasteiger partial charge >= 0.3 is 37.7 Å². The number of rotatable bonds is 4. The van der Waals surface area contributed by atoms with Crippen LogP contribution < -0.4 is 57.9 Å². The van der Waals surface area contributed by atoms with Crippen LogP contribution in [0.1, 0.15) is 0 Å². The Hall–Kier alpha value is -5.96. The molecule has 0 bridgehead atoms. The molecule has 11 aromatic rings. The van der Waals surface area contributed by atoms with Gasteiger partial charge in [-0.25, -0.2) is 15.0 Å². The predicted molar refractivity (Wildman–Crippen MR) is 221 cm³/mol. The second-order valence-corrected chi connectivity index (χ2v) is 14.9. The number of aromatic nitrogens is 3. The zero-order valence-corrected chi connectivity index (χ0v) is 32.1. The van der Waals surface area contributed by atoms with Crippen molar-refractivity contribution < 1.29 is 57.9 Å². The van der Waals surface area contributed by atoms with Gasteiger partial charge in [0.05, 0.1) is 10.2 Å². The average Bonchev–Trinajstić information content (AvgIpc) is 3.68. The van der Waals surface area contributed by atoms with Crippen molar-refractivity contribution in [1.82, 2.24) is 4.98 Å². The molecule has 0 spiro atoms. The summed E-state index contributed by atoms with van der Waals surface area (Å²) in [6.45, 7) is 0. The molecule has 0 aliphatic rings. The Morgan fingerprint density at radius 1 is 0.439 bits per heavy atom. The van der Waals surface area contributed by atoms with Gasteiger partial charge in [-0.1, -0.05) is 103 Å². The topological polar surface area (TPSA) is 87.3 Å². The summed E-state index contributed by atoms with van der Waals surface area (Å²) in [5.41, 5.74) is 8.28. The molecule has 0 unspecified atom stereocenters. The Labute approximate surface area is 355 Å². The van der Waals surface area contributed by atoms with Gasteiger partial charge < -0.3 is 10.2 Å². The van der Waals surface area contributed by atoms with E-state index in [1.807, 2.05) is 72.8 Å². The molecule has 8 aromatic carbocycles. The first kappa shape index (κ1) is 36.7. The van der Waals surface area contributed by atoms with E-state index in [0.29, 0.717) is 22.2 Å². The van der Waals surface area contributed by atoms with Crippen LogP contribution >= 0.6 is 11.3 Å². The minimum atomic E-state index is -0.0688. The standard InChI is InChI=1S/C49H29N3O2S.2Li/c53-47-38(22-20-29-8-6-26-50-45(29)47)42-35-10-1-2-11-36(35)44(39-23-21-30-9-7-27-51-46(30)48(39)54)43-34-13-5-12-32(33(34)24-25-37(42)43)28-16-18-31(19-17-28)49-52-40-14-3-4-15-41(40)55-49;;/h1-27,53-54H;;/q;2*+1. The first-order valence-electron chi connectivity index (χ1n) is 18.2. The fourth-order valence-electron chi connectivity index (χ4n) is 8.38. The van der Waals surface area contributed by atoms with E-state index < -0.39 is 0 Å². The van der Waals surface area contributed by atoms with Crippen molar-refractivity contribution in [3.8, 4) is 55.5 Å². The third-order valence-corrected chi connectivity index (χ3v) is 12.0. The maximum Gasteiger partial charge on any atom is 1.00 e. The van der Waals surface area contributed by atoms with Gasteiger partial charge in [0.15, 0.2) is 12.4 Å². The molecule has 3 aromatic heterocycles. The van der Waals surface area contributed by atoms with Crippen LogP contribution in [0.3, 0.4) is 0 Å². The van der Waals surface area contributed by atoms with E-state index >= 15 is 0 Å². The van der Waals surface area contributed by atoms with Crippen LogP contribution in [-0.4, -0.2) is 4.98 Å². The molecule has 0 amide bonds. The number of fused-ring (bicyclic) bond motifs is 7. The van der Waals surface area contributed by atoms with Gasteiger partial charge in [0.2, 0.25) is 11.0 Å². The molecule has 0 aliphatic carbocycles. The molecule has 8 heteroatoms. The van der Waals surface area contributed by atoms with Gasteiger partial charge in [-0.15, -0.1) is 11.3 Å². The van der Waals surface area contributed by atoms with Crippen molar-refractivity contribution in [3.05, 3.63) is 164 Å². The fraction of sp³-hybridized carbons (Fsp3) is 0. The van der Waals surface area contributed by atoms with Crippen LogP contribution in [0.4, 0.5) is 0 Å². The summed E-state index contributed by atoms with van der Waals surface area (Å²) in [6.07, 6.45) is 3.59. The summed E-state index contributed by atoms with van der Waals surface area (Å²) in [7, 11) is 0. The Morgan fingerprint density at radius 2 is 1.02 bits per heavy atom. The largest absolute Gasteiger partial charge is 1.00 e. The minimum Gasteiger partial charge on any atom is -0.868 e. The maximum atomic E-state index is 14.5. The molecule has 0 saturated carbocycles. The van der Waals surface area contributed by atoms with Gasteiger partial charge in [0.1, 0.15) is 5.01 Å². The molecule has 0 saturated heterocycles. The molecule has 5 nitrogen and oxygen atoms in total. The van der Waals surface area contributed by atoms with Crippen molar-refractivity contribution in [2.75, 3.05) is 0 Å². The van der Waals surface area contributed by atoms with E-state index in [9.17, 15) is 10.2 Å². The van der Waals surface area contributed by atoms with Crippen LogP contribution in [0.2, 0.25) is 0 Å². The van der Waals surface area contributed by atoms with E-state index in [4.69, 9.17) is 4.98 Å². The number of hydrogen-bond donors (Lipinski definition) is 0. The molecular formula is C49H29Li2N3O2S+2. The average molecular weight is 738 g/mol. The van der Waals surface area contributed by atoms with Gasteiger partial charge in [0.25, 0.3) is 0 Å². The Bertz CT molecular complexity index is 3330. The van der Waals surface area contributed by atoms with Gasteiger partial charge in [-0.2, -0.15) is 0 Å². The number of hydrogen-bond acceptors (Lipinski definition) is 4. The summed E-state index contributed by atoms with van der Waals surface area (Å²) >= 11 is 1.70. The number of para-hydroxylation sites is 1. The van der Waals surface area contributed by atoms with Crippen molar-refractivity contribution in [1.29, 1.82) is 0 Å². The maximum absolute atomic E-state index is 14.5. The molecule has 0 atom stereocenters. The normalized spacial score (nSPS) is 11.4. The summed E-state index contributed by atoms with van der Waals surface area (Å²) in [5.74, 6) is -0.134. The van der Waals surface area contributed by atoms with Gasteiger partial charge in [0, 0.05) is 28.5 Å². The molecule has 0 radical (unpaired) electrons. The van der Waals surface area contributed by atoms with E-state index in [1.54, 1.807) is 23.7 Å². The zero-order valence-electron chi connectivity index (χ0n) is 31.3. The van der Waals surface area contributed by atoms with Gasteiger partial charge in [-0.05, 0) is 114 Å². The molecule has 57 heavy (non-hydrogen) atoms. The van der Waals surface area contributed by atoms with Crippen molar-refractivity contribution >= 4 is 75.7 Å². The van der Waals surface area contributed by atoms with Crippen LogP contribution in [0.5, 0.6) is 11.5 Å². The summed E-state index contributed by atoms with van der Waals surface area (Å²) < 4.78 is 1.17. The third kappa shape index (κ3) is 5.81. The van der Waals surface area contributed by atoms with E-state index in [2.05, 4.69) is 88.8 Å². The molecule has 258 valence electrons. The molecule has 0 aliphatic heterocycles. The number of H-pyrrole nitrogens is 2. The number of pyridine rings is 2. The summed E-state index contributed by atoms with van der Waals surface area (Å²) in [6, 6.07) is 51.3. The number of benzene rings is 8. The fourth-order valence-corrected chi connectivity index (χ4v) is 9.35. The zero-order chi connectivity index (χ0) is 36.6. The SMILES string of the molecule is [Li+].[Li+].[O-]c1c(-c2c3ccccc3c(-c3ccc4ccc[nH+]c4c3[O-])c3c2ccc2c(-c4ccc(-c5nc6ccccc6s5)cc4)cccc23)ccc2ccc[nH+]c12. The van der Waals surface area contributed by atoms with E-state index in [1.165, 1.54) is 4.70 Å². The first-order chi connectivity index (χ1) is 27.1. The summed E-state index contributed by atoms with van der Waals surface area (Å²) in [5, 5.41) is 37.3. The Morgan fingerprint density at radius 3 is 1.70 bits per heavy atom. The number of nitrogens with one attached hydrogen (secondary N) is 2. The quantitative estimate of drug-likeness (QED) is 0.151. The predicted octanol–water partition coefficient (Wildman–Crippen LogP) is 4.51. The van der Waals surface area contributed by atoms with Crippen molar-refractivity contribution in [2.45, 2.75) is 0 Å². The van der Waals surface area contributed by atoms with Crippen molar-refractivity contribution in [3.63, 3.8) is 0 Å². The number of thiazole rings is 1. The smallest absolute Gasteiger partial charge is 0.868 e. The summed E-state index contributed by atoms with van der Waals surface area (Å²) in [4.78, 5) is 11.3. The molecule has 3 heterocycles. The van der Waals surface area contributed by atoms with Crippen LogP contribution in [0.15, 0.2) is 164 Å². The van der Waals surface area contributed by atoms with E-state index in [-0.39, 0.29) is 49.2 Å². The number of nitrogens with zero attached hydrogens (tertiary/aromatic N) is 1. The van der Waals surface area contributed by atoms with Gasteiger partial charge in [-0.3, -0.25) is 0 Å². The van der Waals surface area contributed by atoms with Crippen LogP contribution in [-0.2, 0) is 0 Å².